The Kier molecular flexibility index (Phi) is 8.42. The summed E-state index contributed by atoms with van der Waals surface area (Å²) in [6, 6.07) is 7.56. The van der Waals surface area contributed by atoms with Crippen LogP contribution in [0.2, 0.25) is 18.6 Å². The number of likely N-dealkylation sites (tertiary alicyclic amines) is 1. The van der Waals surface area contributed by atoms with Crippen molar-refractivity contribution >= 4 is 31.8 Å². The van der Waals surface area contributed by atoms with Gasteiger partial charge < -0.3 is 24.3 Å². The molecule has 0 bridgehead atoms. The predicted molar refractivity (Wildman–Crippen MR) is 140 cm³/mol. The first kappa shape index (κ1) is 27.8. The van der Waals surface area contributed by atoms with Crippen molar-refractivity contribution in [1.82, 2.24) is 4.90 Å². The van der Waals surface area contributed by atoms with Crippen molar-refractivity contribution in [2.45, 2.75) is 95.5 Å². The molecule has 10 heteroatoms. The molecule has 1 aromatic rings. The van der Waals surface area contributed by atoms with E-state index < -0.39 is 20.5 Å². The van der Waals surface area contributed by atoms with E-state index in [0.29, 0.717) is 12.2 Å². The maximum absolute atomic E-state index is 13.1. The highest BCUT2D eigenvalue weighted by molar-refractivity contribution is 6.71. The van der Waals surface area contributed by atoms with Gasteiger partial charge in [0, 0.05) is 24.7 Å². The van der Waals surface area contributed by atoms with Crippen LogP contribution in [0.15, 0.2) is 24.3 Å². The molecule has 204 valence electrons. The summed E-state index contributed by atoms with van der Waals surface area (Å²) in [6.07, 6.45) is 2.75. The van der Waals surface area contributed by atoms with Gasteiger partial charge in [0.15, 0.2) is 14.5 Å². The molecule has 0 radical (unpaired) electrons. The van der Waals surface area contributed by atoms with Gasteiger partial charge in [0.2, 0.25) is 11.8 Å². The largest absolute Gasteiger partial charge is 0.441 e. The van der Waals surface area contributed by atoms with Gasteiger partial charge in [-0.1, -0.05) is 19.1 Å². The zero-order chi connectivity index (χ0) is 26.9. The number of esters is 1. The standard InChI is InChI=1S/C27H40N2O7Si/c1-17-22(12-9-19-7-10-20(11-8-19)29-25(33)15-26(29)35-18(2)31)36-23(27(17)37(3,4)34)14-24(32)28-13-5-6-21(28)16-30/h7-8,10-11,17,21-23,26-27,30,34H,5-6,9,12-16H2,1-4H3/t17-,21+,22+,23-,26?,27+/m1/s1. The molecule has 1 unspecified atom stereocenters. The van der Waals surface area contributed by atoms with Gasteiger partial charge in [0.25, 0.3) is 0 Å². The first-order valence-corrected chi connectivity index (χ1v) is 16.4. The lowest BCUT2D eigenvalue weighted by Crippen LogP contribution is -2.54. The van der Waals surface area contributed by atoms with Gasteiger partial charge in [-0.15, -0.1) is 0 Å². The summed E-state index contributed by atoms with van der Waals surface area (Å²) in [5.74, 6) is -0.361. The summed E-state index contributed by atoms with van der Waals surface area (Å²) in [7, 11) is -2.59. The van der Waals surface area contributed by atoms with E-state index in [2.05, 4.69) is 6.92 Å². The first-order valence-electron chi connectivity index (χ1n) is 13.4. The van der Waals surface area contributed by atoms with Gasteiger partial charge >= 0.3 is 5.97 Å². The van der Waals surface area contributed by atoms with Crippen LogP contribution in [0.1, 0.15) is 51.5 Å². The maximum atomic E-state index is 13.1. The first-order chi connectivity index (χ1) is 17.5. The number of benzene rings is 1. The van der Waals surface area contributed by atoms with Gasteiger partial charge in [-0.3, -0.25) is 19.3 Å². The second kappa shape index (κ2) is 11.2. The van der Waals surface area contributed by atoms with E-state index >= 15 is 0 Å². The van der Waals surface area contributed by atoms with E-state index in [1.165, 1.54) is 11.8 Å². The van der Waals surface area contributed by atoms with Crippen molar-refractivity contribution in [3.05, 3.63) is 29.8 Å². The number of aryl methyl sites for hydroxylation is 1. The summed E-state index contributed by atoms with van der Waals surface area (Å²) in [5, 5.41) is 9.62. The van der Waals surface area contributed by atoms with Crippen LogP contribution < -0.4 is 4.90 Å². The van der Waals surface area contributed by atoms with Crippen molar-refractivity contribution in [3.63, 3.8) is 0 Å². The molecule has 2 N–H and O–H groups in total. The zero-order valence-electron chi connectivity index (χ0n) is 22.3. The van der Waals surface area contributed by atoms with Gasteiger partial charge in [-0.2, -0.15) is 0 Å². The monoisotopic (exact) mass is 532 g/mol. The normalized spacial score (nSPS) is 29.9. The van der Waals surface area contributed by atoms with Crippen LogP contribution in [0.25, 0.3) is 0 Å². The Morgan fingerprint density at radius 2 is 1.89 bits per heavy atom. The molecule has 3 fully saturated rings. The van der Waals surface area contributed by atoms with Crippen molar-refractivity contribution in [3.8, 4) is 0 Å². The minimum atomic E-state index is -2.59. The van der Waals surface area contributed by atoms with Crippen LogP contribution in [0.4, 0.5) is 5.69 Å². The third kappa shape index (κ3) is 6.08. The summed E-state index contributed by atoms with van der Waals surface area (Å²) in [4.78, 5) is 50.7. The minimum absolute atomic E-state index is 0.000775. The third-order valence-electron chi connectivity index (χ3n) is 8.14. The van der Waals surface area contributed by atoms with Crippen LogP contribution in [0, 0.1) is 5.92 Å². The number of carbonyl (C=O) groups excluding carboxylic acids is 3. The number of aliphatic hydroxyl groups excluding tert-OH is 1. The number of hydrogen-bond acceptors (Lipinski definition) is 7. The van der Waals surface area contributed by atoms with Crippen LogP contribution in [0.3, 0.4) is 0 Å². The van der Waals surface area contributed by atoms with E-state index in [-0.39, 0.29) is 61.0 Å². The predicted octanol–water partition coefficient (Wildman–Crippen LogP) is 2.59. The second-order valence-corrected chi connectivity index (χ2v) is 15.2. The van der Waals surface area contributed by atoms with Gasteiger partial charge in [-0.25, -0.2) is 0 Å². The highest BCUT2D eigenvalue weighted by Gasteiger charge is 2.50. The topological polar surface area (TPSA) is 117 Å². The average Bonchev–Trinajstić information content (AvgIpc) is 3.41. The summed E-state index contributed by atoms with van der Waals surface area (Å²) in [6.45, 7) is 7.94. The third-order valence-corrected chi connectivity index (χ3v) is 10.7. The van der Waals surface area contributed by atoms with Crippen molar-refractivity contribution in [1.29, 1.82) is 0 Å². The molecule has 2 amide bonds. The number of rotatable bonds is 9. The molecule has 0 saturated carbocycles. The highest BCUT2D eigenvalue weighted by atomic mass is 28.4. The fourth-order valence-electron chi connectivity index (χ4n) is 6.37. The van der Waals surface area contributed by atoms with E-state index in [1.54, 1.807) is 4.90 Å². The molecular formula is C27H40N2O7Si. The molecule has 3 saturated heterocycles. The molecular weight excluding hydrogens is 492 g/mol. The quantitative estimate of drug-likeness (QED) is 0.285. The Hall–Kier alpha value is -2.27. The van der Waals surface area contributed by atoms with Crippen molar-refractivity contribution < 1.29 is 33.8 Å². The molecule has 1 aromatic carbocycles. The van der Waals surface area contributed by atoms with E-state index in [9.17, 15) is 24.3 Å². The fraction of sp³-hybridized carbons (Fsp3) is 0.667. The molecule has 37 heavy (non-hydrogen) atoms. The Labute approximate surface area is 219 Å². The number of β-lactam (4-membered cyclic amide) rings is 1. The Morgan fingerprint density at radius 3 is 2.49 bits per heavy atom. The number of amides is 2. The Balaban J connectivity index is 1.37. The molecule has 6 atom stereocenters. The number of carbonyl (C=O) groups is 3. The van der Waals surface area contributed by atoms with E-state index in [1.807, 2.05) is 37.4 Å². The second-order valence-electron chi connectivity index (χ2n) is 11.3. The summed E-state index contributed by atoms with van der Waals surface area (Å²) < 4.78 is 11.6. The average molecular weight is 533 g/mol. The van der Waals surface area contributed by atoms with Crippen LogP contribution in [-0.2, 0) is 30.3 Å². The lowest BCUT2D eigenvalue weighted by molar-refractivity contribution is -0.154. The number of anilines is 1. The molecule has 9 nitrogen and oxygen atoms in total. The van der Waals surface area contributed by atoms with E-state index in [0.717, 1.165) is 31.2 Å². The molecule has 0 aliphatic carbocycles. The number of ether oxygens (including phenoxy) is 2. The van der Waals surface area contributed by atoms with Crippen LogP contribution >= 0.6 is 0 Å². The number of nitrogens with zero attached hydrogens (tertiary/aromatic N) is 2. The highest BCUT2D eigenvalue weighted by Crippen LogP contribution is 2.46. The van der Waals surface area contributed by atoms with Crippen LogP contribution in [-0.4, -0.2) is 78.5 Å². The molecule has 3 aliphatic rings. The molecule has 4 rings (SSSR count). The minimum Gasteiger partial charge on any atom is -0.441 e. The molecule has 3 heterocycles. The maximum Gasteiger partial charge on any atom is 0.304 e. The summed E-state index contributed by atoms with van der Waals surface area (Å²) in [5.41, 5.74) is 1.75. The molecule has 3 aliphatic heterocycles. The van der Waals surface area contributed by atoms with Gasteiger partial charge in [-0.05, 0) is 62.4 Å². The number of aliphatic hydroxyl groups is 1. The number of hydrogen-bond donors (Lipinski definition) is 2. The summed E-state index contributed by atoms with van der Waals surface area (Å²) >= 11 is 0. The van der Waals surface area contributed by atoms with E-state index in [4.69, 9.17) is 9.47 Å². The fourth-order valence-corrected chi connectivity index (χ4v) is 8.97. The molecule has 0 aromatic heterocycles. The van der Waals surface area contributed by atoms with Crippen molar-refractivity contribution in [2.75, 3.05) is 18.1 Å². The smallest absolute Gasteiger partial charge is 0.304 e. The molecule has 0 spiro atoms. The van der Waals surface area contributed by atoms with Crippen LogP contribution in [0.5, 0.6) is 0 Å². The Bertz CT molecular complexity index is 995. The van der Waals surface area contributed by atoms with Gasteiger partial charge in [0.1, 0.15) is 0 Å². The Morgan fingerprint density at radius 1 is 1.19 bits per heavy atom. The lowest BCUT2D eigenvalue weighted by atomic mass is 9.95. The van der Waals surface area contributed by atoms with Crippen molar-refractivity contribution in [2.24, 2.45) is 5.92 Å². The zero-order valence-corrected chi connectivity index (χ0v) is 23.3. The van der Waals surface area contributed by atoms with Gasteiger partial charge in [0.05, 0.1) is 37.7 Å². The SMILES string of the molecule is CC(=O)OC1CC(=O)N1c1ccc(CC[C@@H]2O[C@H](CC(=O)N3CCC[C@H]3CO)[C@@H]([Si](C)(C)O)[C@@H]2C)cc1. The lowest BCUT2D eigenvalue weighted by Gasteiger charge is -2.39.